The molecule has 84 valence electrons. The standard InChI is InChI=1S/C11H19N3O/c1-2-11(3-9-15-8-1)13-5-7-14-6-4-12-10-14/h4,6,10-11,13H,1-3,5,7-9H2. The van der Waals surface area contributed by atoms with E-state index in [1.807, 2.05) is 18.7 Å². The van der Waals surface area contributed by atoms with Crippen LogP contribution in [0.25, 0.3) is 0 Å². The van der Waals surface area contributed by atoms with Gasteiger partial charge >= 0.3 is 0 Å². The predicted molar refractivity (Wildman–Crippen MR) is 58.7 cm³/mol. The summed E-state index contributed by atoms with van der Waals surface area (Å²) in [6.45, 7) is 3.85. The van der Waals surface area contributed by atoms with E-state index in [1.54, 1.807) is 0 Å². The van der Waals surface area contributed by atoms with Crippen LogP contribution in [-0.2, 0) is 11.3 Å². The van der Waals surface area contributed by atoms with E-state index in [4.69, 9.17) is 4.74 Å². The monoisotopic (exact) mass is 209 g/mol. The van der Waals surface area contributed by atoms with Crippen molar-refractivity contribution in [3.63, 3.8) is 0 Å². The highest BCUT2D eigenvalue weighted by molar-refractivity contribution is 4.75. The van der Waals surface area contributed by atoms with E-state index in [0.717, 1.165) is 32.7 Å². The average molecular weight is 209 g/mol. The molecular formula is C11H19N3O. The quantitative estimate of drug-likeness (QED) is 0.805. The molecule has 0 amide bonds. The molecule has 0 aromatic carbocycles. The minimum atomic E-state index is 0.635. The van der Waals surface area contributed by atoms with Gasteiger partial charge in [-0.15, -0.1) is 0 Å². The van der Waals surface area contributed by atoms with Crippen molar-refractivity contribution in [1.82, 2.24) is 14.9 Å². The Morgan fingerprint density at radius 2 is 2.40 bits per heavy atom. The molecule has 1 aromatic heterocycles. The molecule has 0 spiro atoms. The Labute approximate surface area is 90.6 Å². The van der Waals surface area contributed by atoms with Gasteiger partial charge in [-0.05, 0) is 19.3 Å². The Hall–Kier alpha value is -0.870. The molecule has 2 rings (SSSR count). The molecule has 4 nitrogen and oxygen atoms in total. The van der Waals surface area contributed by atoms with Crippen molar-refractivity contribution < 1.29 is 4.74 Å². The zero-order valence-corrected chi connectivity index (χ0v) is 9.06. The van der Waals surface area contributed by atoms with E-state index in [0.29, 0.717) is 6.04 Å². The molecule has 0 aliphatic carbocycles. The smallest absolute Gasteiger partial charge is 0.0946 e. The topological polar surface area (TPSA) is 39.1 Å². The molecule has 1 atom stereocenters. The Morgan fingerprint density at radius 1 is 1.40 bits per heavy atom. The molecular weight excluding hydrogens is 190 g/mol. The van der Waals surface area contributed by atoms with E-state index < -0.39 is 0 Å². The van der Waals surface area contributed by atoms with Crippen LogP contribution in [0, 0.1) is 0 Å². The molecule has 0 saturated carbocycles. The summed E-state index contributed by atoms with van der Waals surface area (Å²) in [5, 5.41) is 3.57. The lowest BCUT2D eigenvalue weighted by atomic mass is 10.1. The van der Waals surface area contributed by atoms with Crippen molar-refractivity contribution in [3.05, 3.63) is 18.7 Å². The molecule has 1 fully saturated rings. The number of nitrogens with one attached hydrogen (secondary N) is 1. The van der Waals surface area contributed by atoms with Gasteiger partial charge in [0.1, 0.15) is 0 Å². The largest absolute Gasteiger partial charge is 0.381 e. The van der Waals surface area contributed by atoms with Gasteiger partial charge in [-0.1, -0.05) is 0 Å². The SMILES string of the molecule is c1cn(CCNC2CCCOCC2)cn1. The van der Waals surface area contributed by atoms with Gasteiger partial charge in [0.2, 0.25) is 0 Å². The third-order valence-corrected chi connectivity index (χ3v) is 2.81. The van der Waals surface area contributed by atoms with Gasteiger partial charge in [0.15, 0.2) is 0 Å². The molecule has 0 bridgehead atoms. The van der Waals surface area contributed by atoms with Crippen molar-refractivity contribution >= 4 is 0 Å². The van der Waals surface area contributed by atoms with Crippen LogP contribution in [-0.4, -0.2) is 35.4 Å². The normalized spacial score (nSPS) is 22.5. The molecule has 1 N–H and O–H groups in total. The fourth-order valence-corrected chi connectivity index (χ4v) is 1.92. The fraction of sp³-hybridized carbons (Fsp3) is 0.727. The van der Waals surface area contributed by atoms with Gasteiger partial charge in [-0.25, -0.2) is 4.98 Å². The van der Waals surface area contributed by atoms with Gasteiger partial charge in [0, 0.05) is 44.7 Å². The van der Waals surface area contributed by atoms with Crippen LogP contribution in [0.5, 0.6) is 0 Å². The minimum absolute atomic E-state index is 0.635. The van der Waals surface area contributed by atoms with Crippen LogP contribution >= 0.6 is 0 Å². The highest BCUT2D eigenvalue weighted by Crippen LogP contribution is 2.07. The molecule has 1 aliphatic rings. The number of hydrogen-bond acceptors (Lipinski definition) is 3. The first kappa shape index (κ1) is 10.6. The van der Waals surface area contributed by atoms with E-state index >= 15 is 0 Å². The average Bonchev–Trinajstić information content (AvgIpc) is 2.62. The molecule has 15 heavy (non-hydrogen) atoms. The highest BCUT2D eigenvalue weighted by Gasteiger charge is 2.10. The number of ether oxygens (including phenoxy) is 1. The molecule has 2 heterocycles. The maximum absolute atomic E-state index is 5.42. The summed E-state index contributed by atoms with van der Waals surface area (Å²) in [6.07, 6.45) is 9.24. The molecule has 1 unspecified atom stereocenters. The second-order valence-corrected chi connectivity index (χ2v) is 3.99. The van der Waals surface area contributed by atoms with Crippen LogP contribution in [0.3, 0.4) is 0 Å². The molecule has 1 saturated heterocycles. The molecule has 1 aromatic rings. The van der Waals surface area contributed by atoms with Gasteiger partial charge in [0.25, 0.3) is 0 Å². The maximum atomic E-state index is 5.42. The number of rotatable bonds is 4. The van der Waals surface area contributed by atoms with Crippen molar-refractivity contribution in [2.45, 2.75) is 31.8 Å². The van der Waals surface area contributed by atoms with E-state index in [-0.39, 0.29) is 0 Å². The number of imidazole rings is 1. The first-order chi connectivity index (χ1) is 7.45. The van der Waals surface area contributed by atoms with Gasteiger partial charge in [0.05, 0.1) is 6.33 Å². The molecule has 4 heteroatoms. The molecule has 0 radical (unpaired) electrons. The fourth-order valence-electron chi connectivity index (χ4n) is 1.92. The second kappa shape index (κ2) is 5.88. The minimum Gasteiger partial charge on any atom is -0.381 e. The summed E-state index contributed by atoms with van der Waals surface area (Å²) in [5.74, 6) is 0. The van der Waals surface area contributed by atoms with Crippen molar-refractivity contribution in [3.8, 4) is 0 Å². The van der Waals surface area contributed by atoms with Crippen molar-refractivity contribution in [1.29, 1.82) is 0 Å². The third kappa shape index (κ3) is 3.64. The Balaban J connectivity index is 1.64. The van der Waals surface area contributed by atoms with E-state index in [2.05, 4.69) is 14.9 Å². The molecule has 1 aliphatic heterocycles. The van der Waals surface area contributed by atoms with E-state index in [1.165, 1.54) is 12.8 Å². The lowest BCUT2D eigenvalue weighted by Gasteiger charge is -2.15. The number of hydrogen-bond donors (Lipinski definition) is 1. The Kier molecular flexibility index (Phi) is 4.17. The zero-order chi connectivity index (χ0) is 10.3. The third-order valence-electron chi connectivity index (χ3n) is 2.81. The van der Waals surface area contributed by atoms with Gasteiger partial charge in [-0.3, -0.25) is 0 Å². The summed E-state index contributed by atoms with van der Waals surface area (Å²) in [5.41, 5.74) is 0. The van der Waals surface area contributed by atoms with E-state index in [9.17, 15) is 0 Å². The lowest BCUT2D eigenvalue weighted by Crippen LogP contribution is -2.31. The van der Waals surface area contributed by atoms with Gasteiger partial charge in [-0.2, -0.15) is 0 Å². The first-order valence-electron chi connectivity index (χ1n) is 5.72. The Bertz CT molecular complexity index is 253. The summed E-state index contributed by atoms with van der Waals surface area (Å²) in [6, 6.07) is 0.635. The predicted octanol–water partition coefficient (Wildman–Crippen LogP) is 1.04. The maximum Gasteiger partial charge on any atom is 0.0946 e. The van der Waals surface area contributed by atoms with Crippen LogP contribution in [0.4, 0.5) is 0 Å². The van der Waals surface area contributed by atoms with Crippen molar-refractivity contribution in [2.75, 3.05) is 19.8 Å². The highest BCUT2D eigenvalue weighted by atomic mass is 16.5. The van der Waals surface area contributed by atoms with Crippen LogP contribution in [0.15, 0.2) is 18.7 Å². The summed E-state index contributed by atoms with van der Waals surface area (Å²) in [7, 11) is 0. The van der Waals surface area contributed by atoms with Crippen LogP contribution < -0.4 is 5.32 Å². The second-order valence-electron chi connectivity index (χ2n) is 3.99. The van der Waals surface area contributed by atoms with Gasteiger partial charge < -0.3 is 14.6 Å². The zero-order valence-electron chi connectivity index (χ0n) is 9.06. The lowest BCUT2D eigenvalue weighted by molar-refractivity contribution is 0.142. The first-order valence-corrected chi connectivity index (χ1v) is 5.72. The van der Waals surface area contributed by atoms with Crippen LogP contribution in [0.2, 0.25) is 0 Å². The Morgan fingerprint density at radius 3 is 3.27 bits per heavy atom. The van der Waals surface area contributed by atoms with Crippen LogP contribution in [0.1, 0.15) is 19.3 Å². The van der Waals surface area contributed by atoms with Crippen molar-refractivity contribution in [2.24, 2.45) is 0 Å². The number of aromatic nitrogens is 2. The summed E-state index contributed by atoms with van der Waals surface area (Å²) < 4.78 is 7.52. The summed E-state index contributed by atoms with van der Waals surface area (Å²) in [4.78, 5) is 4.02. The summed E-state index contributed by atoms with van der Waals surface area (Å²) >= 11 is 0. The number of nitrogens with zero attached hydrogens (tertiary/aromatic N) is 2.